The molecular weight excluding hydrogens is 300 g/mol. The zero-order valence-electron chi connectivity index (χ0n) is 12.7. The molecule has 0 bridgehead atoms. The van der Waals surface area contributed by atoms with Crippen LogP contribution in [0.1, 0.15) is 41.6 Å². The van der Waals surface area contributed by atoms with Crippen LogP contribution in [0, 0.1) is 10.1 Å². The van der Waals surface area contributed by atoms with Crippen molar-refractivity contribution < 1.29 is 14.5 Å². The van der Waals surface area contributed by atoms with E-state index in [4.69, 9.17) is 4.74 Å². The topological polar surface area (TPSA) is 99.3 Å². The molecule has 1 amide bonds. The SMILES string of the molecule is COc1cc([N+](=O)[O-])ccc1C(=O)NC1CC(C)n2ccnc21. The smallest absolute Gasteiger partial charge is 0.273 e. The molecule has 3 rings (SSSR count). The van der Waals surface area contributed by atoms with Crippen molar-refractivity contribution >= 4 is 11.6 Å². The molecule has 23 heavy (non-hydrogen) atoms. The minimum absolute atomic E-state index is 0.122. The number of hydrogen-bond acceptors (Lipinski definition) is 5. The van der Waals surface area contributed by atoms with E-state index in [0.717, 1.165) is 12.2 Å². The first-order chi connectivity index (χ1) is 11.0. The Labute approximate surface area is 132 Å². The maximum Gasteiger partial charge on any atom is 0.273 e. The highest BCUT2D eigenvalue weighted by molar-refractivity contribution is 5.97. The number of ether oxygens (including phenoxy) is 1. The summed E-state index contributed by atoms with van der Waals surface area (Å²) in [5, 5.41) is 13.7. The Morgan fingerprint density at radius 2 is 2.30 bits per heavy atom. The third-order valence-corrected chi connectivity index (χ3v) is 4.01. The third kappa shape index (κ3) is 2.63. The van der Waals surface area contributed by atoms with Gasteiger partial charge in [-0.05, 0) is 19.4 Å². The molecule has 1 aliphatic rings. The monoisotopic (exact) mass is 316 g/mol. The number of imidazole rings is 1. The molecule has 1 aliphatic heterocycles. The van der Waals surface area contributed by atoms with Gasteiger partial charge in [-0.2, -0.15) is 0 Å². The lowest BCUT2D eigenvalue weighted by Gasteiger charge is -2.13. The van der Waals surface area contributed by atoms with Gasteiger partial charge in [-0.3, -0.25) is 14.9 Å². The van der Waals surface area contributed by atoms with Crippen LogP contribution in [-0.2, 0) is 0 Å². The highest BCUT2D eigenvalue weighted by Crippen LogP contribution is 2.33. The summed E-state index contributed by atoms with van der Waals surface area (Å²) in [5.74, 6) is 0.642. The average Bonchev–Trinajstić information content (AvgIpc) is 3.12. The summed E-state index contributed by atoms with van der Waals surface area (Å²) in [6.07, 6.45) is 4.35. The molecule has 2 heterocycles. The summed E-state index contributed by atoms with van der Waals surface area (Å²) < 4.78 is 7.14. The van der Waals surface area contributed by atoms with E-state index in [9.17, 15) is 14.9 Å². The first kappa shape index (κ1) is 15.0. The number of amides is 1. The number of rotatable bonds is 4. The molecule has 0 radical (unpaired) electrons. The minimum atomic E-state index is -0.528. The van der Waals surface area contributed by atoms with Crippen LogP contribution in [0.2, 0.25) is 0 Å². The van der Waals surface area contributed by atoms with Gasteiger partial charge in [-0.15, -0.1) is 0 Å². The van der Waals surface area contributed by atoms with E-state index in [1.165, 1.54) is 25.3 Å². The predicted molar refractivity (Wildman–Crippen MR) is 81.4 cm³/mol. The van der Waals surface area contributed by atoms with Crippen molar-refractivity contribution in [3.63, 3.8) is 0 Å². The van der Waals surface area contributed by atoms with Crippen LogP contribution in [0.3, 0.4) is 0 Å². The number of nitrogens with one attached hydrogen (secondary N) is 1. The molecule has 8 heteroatoms. The van der Waals surface area contributed by atoms with E-state index in [1.807, 2.05) is 10.8 Å². The number of nitrogens with zero attached hydrogens (tertiary/aromatic N) is 3. The quantitative estimate of drug-likeness (QED) is 0.689. The number of hydrogen-bond donors (Lipinski definition) is 1. The summed E-state index contributed by atoms with van der Waals surface area (Å²) in [6, 6.07) is 4.00. The standard InChI is InChI=1S/C15H16N4O4/c1-9-7-12(14-16-5-6-18(9)14)17-15(20)11-4-3-10(19(21)22)8-13(11)23-2/h3-6,8-9,12H,7H2,1-2H3,(H,17,20). The molecule has 2 atom stereocenters. The van der Waals surface area contributed by atoms with Gasteiger partial charge in [0.1, 0.15) is 11.6 Å². The minimum Gasteiger partial charge on any atom is -0.496 e. The normalized spacial score (nSPS) is 19.2. The van der Waals surface area contributed by atoms with Crippen molar-refractivity contribution in [3.8, 4) is 5.75 Å². The number of nitro benzene ring substituents is 1. The zero-order chi connectivity index (χ0) is 16.6. The first-order valence-corrected chi connectivity index (χ1v) is 7.17. The fourth-order valence-electron chi connectivity index (χ4n) is 2.87. The first-order valence-electron chi connectivity index (χ1n) is 7.17. The van der Waals surface area contributed by atoms with Gasteiger partial charge < -0.3 is 14.6 Å². The predicted octanol–water partition coefficient (Wildman–Crippen LogP) is 2.24. The summed E-state index contributed by atoms with van der Waals surface area (Å²) in [7, 11) is 1.38. The van der Waals surface area contributed by atoms with E-state index < -0.39 is 4.92 Å². The van der Waals surface area contributed by atoms with Gasteiger partial charge >= 0.3 is 0 Å². The molecular formula is C15H16N4O4. The summed E-state index contributed by atoms with van der Waals surface area (Å²) in [6.45, 7) is 2.06. The highest BCUT2D eigenvalue weighted by Gasteiger charge is 2.31. The lowest BCUT2D eigenvalue weighted by atomic mass is 10.1. The molecule has 0 saturated carbocycles. The van der Waals surface area contributed by atoms with Gasteiger partial charge in [-0.25, -0.2) is 4.98 Å². The van der Waals surface area contributed by atoms with Crippen molar-refractivity contribution in [2.24, 2.45) is 0 Å². The Hall–Kier alpha value is -2.90. The number of methoxy groups -OCH3 is 1. The number of benzene rings is 1. The van der Waals surface area contributed by atoms with E-state index in [0.29, 0.717) is 0 Å². The number of fused-ring (bicyclic) bond motifs is 1. The number of carbonyl (C=O) groups is 1. The third-order valence-electron chi connectivity index (χ3n) is 4.01. The second kappa shape index (κ2) is 5.71. The van der Waals surface area contributed by atoms with Crippen LogP contribution in [0.25, 0.3) is 0 Å². The van der Waals surface area contributed by atoms with Crippen molar-refractivity contribution in [3.05, 3.63) is 52.1 Å². The number of nitro groups is 1. The average molecular weight is 316 g/mol. The van der Waals surface area contributed by atoms with Crippen molar-refractivity contribution in [2.75, 3.05) is 7.11 Å². The second-order valence-corrected chi connectivity index (χ2v) is 5.45. The summed E-state index contributed by atoms with van der Waals surface area (Å²) in [5.41, 5.74) is 0.138. The van der Waals surface area contributed by atoms with Crippen LogP contribution in [0.5, 0.6) is 5.75 Å². The molecule has 0 spiro atoms. The lowest BCUT2D eigenvalue weighted by Crippen LogP contribution is -2.28. The van der Waals surface area contributed by atoms with Gasteiger partial charge in [-0.1, -0.05) is 0 Å². The Morgan fingerprint density at radius 3 is 3.00 bits per heavy atom. The van der Waals surface area contributed by atoms with Crippen LogP contribution < -0.4 is 10.1 Å². The molecule has 1 aromatic heterocycles. The molecule has 0 aliphatic carbocycles. The van der Waals surface area contributed by atoms with E-state index in [1.54, 1.807) is 6.20 Å². The summed E-state index contributed by atoms with van der Waals surface area (Å²) >= 11 is 0. The summed E-state index contributed by atoms with van der Waals surface area (Å²) in [4.78, 5) is 27.1. The molecule has 2 aromatic rings. The molecule has 2 unspecified atom stereocenters. The van der Waals surface area contributed by atoms with Crippen molar-refractivity contribution in [2.45, 2.75) is 25.4 Å². The van der Waals surface area contributed by atoms with Crippen LogP contribution in [0.4, 0.5) is 5.69 Å². The fourth-order valence-corrected chi connectivity index (χ4v) is 2.87. The lowest BCUT2D eigenvalue weighted by molar-refractivity contribution is -0.384. The van der Waals surface area contributed by atoms with Gasteiger partial charge in [0.05, 0.1) is 29.7 Å². The van der Waals surface area contributed by atoms with E-state index in [2.05, 4.69) is 17.2 Å². The molecule has 0 fully saturated rings. The van der Waals surface area contributed by atoms with Gasteiger partial charge in [0.15, 0.2) is 0 Å². The zero-order valence-corrected chi connectivity index (χ0v) is 12.7. The highest BCUT2D eigenvalue weighted by atomic mass is 16.6. The van der Waals surface area contributed by atoms with E-state index in [-0.39, 0.29) is 35.0 Å². The largest absolute Gasteiger partial charge is 0.496 e. The maximum absolute atomic E-state index is 12.5. The van der Waals surface area contributed by atoms with Gasteiger partial charge in [0, 0.05) is 24.5 Å². The fraction of sp³-hybridized carbons (Fsp3) is 0.333. The number of aromatic nitrogens is 2. The van der Waals surface area contributed by atoms with Crippen molar-refractivity contribution in [1.82, 2.24) is 14.9 Å². The molecule has 120 valence electrons. The number of non-ortho nitro benzene ring substituents is 1. The second-order valence-electron chi connectivity index (χ2n) is 5.45. The van der Waals surface area contributed by atoms with Crippen molar-refractivity contribution in [1.29, 1.82) is 0 Å². The van der Waals surface area contributed by atoms with Crippen LogP contribution in [-0.4, -0.2) is 27.5 Å². The maximum atomic E-state index is 12.5. The molecule has 0 saturated heterocycles. The van der Waals surface area contributed by atoms with Gasteiger partial charge in [0.25, 0.3) is 11.6 Å². The molecule has 1 aromatic carbocycles. The molecule has 8 nitrogen and oxygen atoms in total. The Balaban J connectivity index is 1.83. The Morgan fingerprint density at radius 1 is 1.52 bits per heavy atom. The Bertz CT molecular complexity index is 771. The van der Waals surface area contributed by atoms with Crippen LogP contribution >= 0.6 is 0 Å². The number of carbonyl (C=O) groups excluding carboxylic acids is 1. The Kier molecular flexibility index (Phi) is 3.73. The van der Waals surface area contributed by atoms with E-state index >= 15 is 0 Å². The van der Waals surface area contributed by atoms with Gasteiger partial charge in [0.2, 0.25) is 0 Å². The van der Waals surface area contributed by atoms with Crippen LogP contribution in [0.15, 0.2) is 30.6 Å². The molecule has 1 N–H and O–H groups in total.